The maximum atomic E-state index is 12.1. The Morgan fingerprint density at radius 2 is 2.00 bits per heavy atom. The van der Waals surface area contributed by atoms with Crippen LogP contribution in [0.3, 0.4) is 0 Å². The van der Waals surface area contributed by atoms with E-state index < -0.39 is 16.1 Å². The zero-order valence-electron chi connectivity index (χ0n) is 10.6. The van der Waals surface area contributed by atoms with Gasteiger partial charge in [-0.15, -0.1) is 0 Å². The molecule has 0 aliphatic rings. The van der Waals surface area contributed by atoms with E-state index in [1.165, 1.54) is 0 Å². The number of nitrogens with two attached hydrogens (primary N) is 2. The molecule has 0 atom stereocenters. The SMILES string of the molecule is Cc1ccc(CN)cc1S(=O)(=O)NCCNC(N)=O. The van der Waals surface area contributed by atoms with Crippen molar-refractivity contribution in [2.45, 2.75) is 18.4 Å². The first-order valence-electron chi connectivity index (χ1n) is 5.69. The minimum absolute atomic E-state index is 0.0670. The van der Waals surface area contributed by atoms with Gasteiger partial charge in [-0.1, -0.05) is 12.1 Å². The number of carbonyl (C=O) groups excluding carboxylic acids is 1. The molecule has 0 saturated carbocycles. The van der Waals surface area contributed by atoms with Crippen LogP contribution in [-0.4, -0.2) is 27.5 Å². The number of hydrogen-bond donors (Lipinski definition) is 4. The van der Waals surface area contributed by atoms with Gasteiger partial charge in [0.15, 0.2) is 0 Å². The summed E-state index contributed by atoms with van der Waals surface area (Å²) in [5.74, 6) is 0. The maximum absolute atomic E-state index is 12.1. The monoisotopic (exact) mass is 286 g/mol. The van der Waals surface area contributed by atoms with Gasteiger partial charge in [0.25, 0.3) is 0 Å². The molecule has 0 fully saturated rings. The molecule has 19 heavy (non-hydrogen) atoms. The second-order valence-corrected chi connectivity index (χ2v) is 5.73. The predicted octanol–water partition coefficient (Wildman–Crippen LogP) is -0.600. The average Bonchev–Trinajstić information content (AvgIpc) is 2.35. The third-order valence-corrected chi connectivity index (χ3v) is 4.10. The molecule has 0 aliphatic carbocycles. The van der Waals surface area contributed by atoms with Gasteiger partial charge in [0.1, 0.15) is 0 Å². The Balaban J connectivity index is 2.79. The van der Waals surface area contributed by atoms with E-state index in [9.17, 15) is 13.2 Å². The fraction of sp³-hybridized carbons (Fsp3) is 0.364. The second kappa shape index (κ2) is 6.50. The molecule has 0 spiro atoms. The van der Waals surface area contributed by atoms with E-state index in [-0.39, 0.29) is 24.5 Å². The zero-order valence-corrected chi connectivity index (χ0v) is 11.5. The first kappa shape index (κ1) is 15.4. The highest BCUT2D eigenvalue weighted by Crippen LogP contribution is 2.16. The topological polar surface area (TPSA) is 127 Å². The minimum Gasteiger partial charge on any atom is -0.352 e. The highest BCUT2D eigenvalue weighted by Gasteiger charge is 2.16. The molecule has 106 valence electrons. The van der Waals surface area contributed by atoms with Gasteiger partial charge in [0.05, 0.1) is 4.90 Å². The van der Waals surface area contributed by atoms with E-state index in [1.807, 2.05) is 0 Å². The van der Waals surface area contributed by atoms with Gasteiger partial charge < -0.3 is 16.8 Å². The van der Waals surface area contributed by atoms with Crippen molar-refractivity contribution in [3.63, 3.8) is 0 Å². The third-order valence-electron chi connectivity index (χ3n) is 2.49. The van der Waals surface area contributed by atoms with Gasteiger partial charge in [-0.2, -0.15) is 0 Å². The summed E-state index contributed by atoms with van der Waals surface area (Å²) in [5.41, 5.74) is 11.7. The summed E-state index contributed by atoms with van der Waals surface area (Å²) in [5, 5.41) is 2.30. The van der Waals surface area contributed by atoms with Crippen LogP contribution in [0.15, 0.2) is 23.1 Å². The first-order chi connectivity index (χ1) is 8.86. The number of hydrogen-bond acceptors (Lipinski definition) is 4. The Hall–Kier alpha value is -1.64. The number of sulfonamides is 1. The van der Waals surface area contributed by atoms with Crippen molar-refractivity contribution in [2.75, 3.05) is 13.1 Å². The molecule has 1 rings (SSSR count). The van der Waals surface area contributed by atoms with Crippen molar-refractivity contribution in [3.8, 4) is 0 Å². The van der Waals surface area contributed by atoms with E-state index in [0.29, 0.717) is 5.56 Å². The lowest BCUT2D eigenvalue weighted by Crippen LogP contribution is -2.37. The fourth-order valence-electron chi connectivity index (χ4n) is 1.51. The van der Waals surface area contributed by atoms with Crippen LogP contribution in [0, 0.1) is 6.92 Å². The molecule has 1 aromatic carbocycles. The molecule has 6 N–H and O–H groups in total. The number of urea groups is 1. The van der Waals surface area contributed by atoms with E-state index in [1.54, 1.807) is 25.1 Å². The Kier molecular flexibility index (Phi) is 5.28. The van der Waals surface area contributed by atoms with Crippen LogP contribution < -0.4 is 21.5 Å². The summed E-state index contributed by atoms with van der Waals surface area (Å²) in [6.07, 6.45) is 0. The van der Waals surface area contributed by atoms with Crippen LogP contribution in [-0.2, 0) is 16.6 Å². The standard InChI is InChI=1S/C11H18N4O3S/c1-8-2-3-9(7-12)6-10(8)19(17,18)15-5-4-14-11(13)16/h2-3,6,15H,4-5,7,12H2,1H3,(H3,13,14,16). The van der Waals surface area contributed by atoms with E-state index in [0.717, 1.165) is 5.56 Å². The van der Waals surface area contributed by atoms with Crippen LogP contribution in [0.4, 0.5) is 4.79 Å². The van der Waals surface area contributed by atoms with Crippen LogP contribution in [0.1, 0.15) is 11.1 Å². The van der Waals surface area contributed by atoms with Crippen molar-refractivity contribution >= 4 is 16.1 Å². The molecule has 0 saturated heterocycles. The molecule has 0 bridgehead atoms. The van der Waals surface area contributed by atoms with Gasteiger partial charge in [-0.25, -0.2) is 17.9 Å². The molecule has 0 radical (unpaired) electrons. The smallest absolute Gasteiger partial charge is 0.312 e. The highest BCUT2D eigenvalue weighted by molar-refractivity contribution is 7.89. The zero-order chi connectivity index (χ0) is 14.5. The third kappa shape index (κ3) is 4.51. The van der Waals surface area contributed by atoms with Crippen LogP contribution in [0.2, 0.25) is 0 Å². The number of rotatable bonds is 6. The summed E-state index contributed by atoms with van der Waals surface area (Å²) in [6, 6.07) is 4.33. The van der Waals surface area contributed by atoms with Gasteiger partial charge in [-0.05, 0) is 24.1 Å². The van der Waals surface area contributed by atoms with Crippen molar-refractivity contribution in [3.05, 3.63) is 29.3 Å². The van der Waals surface area contributed by atoms with E-state index >= 15 is 0 Å². The number of primary amides is 1. The molecule has 0 aromatic heterocycles. The van der Waals surface area contributed by atoms with Crippen molar-refractivity contribution in [2.24, 2.45) is 11.5 Å². The van der Waals surface area contributed by atoms with Crippen molar-refractivity contribution < 1.29 is 13.2 Å². The van der Waals surface area contributed by atoms with Gasteiger partial charge >= 0.3 is 6.03 Å². The Morgan fingerprint density at radius 3 is 2.58 bits per heavy atom. The molecule has 7 nitrogen and oxygen atoms in total. The molecule has 1 aromatic rings. The van der Waals surface area contributed by atoms with E-state index in [4.69, 9.17) is 11.5 Å². The summed E-state index contributed by atoms with van der Waals surface area (Å²) in [4.78, 5) is 10.6. The minimum atomic E-state index is -3.62. The fourth-order valence-corrected chi connectivity index (χ4v) is 2.83. The van der Waals surface area contributed by atoms with Crippen LogP contribution in [0.5, 0.6) is 0 Å². The number of amides is 2. The number of nitrogens with one attached hydrogen (secondary N) is 2. The number of benzene rings is 1. The Labute approximate surface area is 112 Å². The largest absolute Gasteiger partial charge is 0.352 e. The molecular weight excluding hydrogens is 268 g/mol. The first-order valence-corrected chi connectivity index (χ1v) is 7.17. The second-order valence-electron chi connectivity index (χ2n) is 3.99. The Morgan fingerprint density at radius 1 is 1.32 bits per heavy atom. The molecule has 8 heteroatoms. The molecule has 0 aliphatic heterocycles. The number of carbonyl (C=O) groups is 1. The maximum Gasteiger partial charge on any atom is 0.312 e. The lowest BCUT2D eigenvalue weighted by Gasteiger charge is -2.10. The highest BCUT2D eigenvalue weighted by atomic mass is 32.2. The molecular formula is C11H18N4O3S. The predicted molar refractivity (Wildman–Crippen MR) is 71.8 cm³/mol. The summed E-state index contributed by atoms with van der Waals surface area (Å²) < 4.78 is 26.5. The summed E-state index contributed by atoms with van der Waals surface area (Å²) >= 11 is 0. The van der Waals surface area contributed by atoms with Gasteiger partial charge in [0, 0.05) is 19.6 Å². The Bertz CT molecular complexity index is 557. The van der Waals surface area contributed by atoms with Crippen molar-refractivity contribution in [1.29, 1.82) is 0 Å². The van der Waals surface area contributed by atoms with E-state index in [2.05, 4.69) is 10.0 Å². The molecule has 0 heterocycles. The lowest BCUT2D eigenvalue weighted by molar-refractivity contribution is 0.249. The molecule has 0 unspecified atom stereocenters. The summed E-state index contributed by atoms with van der Waals surface area (Å²) in [7, 11) is -3.62. The summed E-state index contributed by atoms with van der Waals surface area (Å²) in [6.45, 7) is 2.17. The molecule has 2 amide bonds. The lowest BCUT2D eigenvalue weighted by atomic mass is 10.1. The quantitative estimate of drug-likeness (QED) is 0.521. The van der Waals surface area contributed by atoms with Crippen molar-refractivity contribution in [1.82, 2.24) is 10.0 Å². The average molecular weight is 286 g/mol. The number of aryl methyl sites for hydroxylation is 1. The normalized spacial score (nSPS) is 11.3. The van der Waals surface area contributed by atoms with Gasteiger partial charge in [0.2, 0.25) is 10.0 Å². The van der Waals surface area contributed by atoms with Crippen LogP contribution in [0.25, 0.3) is 0 Å². The van der Waals surface area contributed by atoms with Gasteiger partial charge in [-0.3, -0.25) is 0 Å². The van der Waals surface area contributed by atoms with Crippen LogP contribution >= 0.6 is 0 Å².